The van der Waals surface area contributed by atoms with E-state index in [1.54, 1.807) is 0 Å². The van der Waals surface area contributed by atoms with E-state index in [0.29, 0.717) is 12.1 Å². The highest BCUT2D eigenvalue weighted by atomic mass is 16.5. The fraction of sp³-hybridized carbons (Fsp3) is 0.684. The second-order valence-electron chi connectivity index (χ2n) is 6.41. The number of hydrogen-bond acceptors (Lipinski definition) is 2. The van der Waals surface area contributed by atoms with Crippen molar-refractivity contribution in [2.75, 3.05) is 13.2 Å². The lowest BCUT2D eigenvalue weighted by molar-refractivity contribution is 0.00858. The van der Waals surface area contributed by atoms with E-state index in [2.05, 4.69) is 43.4 Å². The zero-order valence-corrected chi connectivity index (χ0v) is 13.7. The molecule has 1 aromatic carbocycles. The molecule has 0 bridgehead atoms. The van der Waals surface area contributed by atoms with Crippen LogP contribution in [0.15, 0.2) is 24.3 Å². The third kappa shape index (κ3) is 6.19. The van der Waals surface area contributed by atoms with Crippen LogP contribution in [-0.2, 0) is 11.2 Å². The van der Waals surface area contributed by atoms with Gasteiger partial charge in [0, 0.05) is 12.6 Å². The highest BCUT2D eigenvalue weighted by molar-refractivity contribution is 5.23. The summed E-state index contributed by atoms with van der Waals surface area (Å²) in [6.07, 6.45) is 9.10. The lowest BCUT2D eigenvalue weighted by Crippen LogP contribution is -2.33. The largest absolute Gasteiger partial charge is 0.378 e. The van der Waals surface area contributed by atoms with Gasteiger partial charge in [-0.2, -0.15) is 0 Å². The lowest BCUT2D eigenvalue weighted by atomic mass is 9.96. The molecule has 1 saturated heterocycles. The maximum absolute atomic E-state index is 5.87. The van der Waals surface area contributed by atoms with Gasteiger partial charge in [0.2, 0.25) is 0 Å². The summed E-state index contributed by atoms with van der Waals surface area (Å²) in [4.78, 5) is 0. The molecule has 118 valence electrons. The van der Waals surface area contributed by atoms with Gasteiger partial charge in [0.05, 0.1) is 6.10 Å². The first-order chi connectivity index (χ1) is 10.3. The molecular weight excluding hydrogens is 258 g/mol. The number of nitrogens with one attached hydrogen (secondary N) is 1. The molecule has 2 rings (SSSR count). The summed E-state index contributed by atoms with van der Waals surface area (Å²) < 4.78 is 5.87. The Hall–Kier alpha value is -0.860. The highest BCUT2D eigenvalue weighted by Crippen LogP contribution is 2.19. The number of ether oxygens (including phenoxy) is 1. The summed E-state index contributed by atoms with van der Waals surface area (Å²) in [5, 5.41) is 3.72. The Morgan fingerprint density at radius 3 is 2.95 bits per heavy atom. The zero-order valence-electron chi connectivity index (χ0n) is 13.7. The van der Waals surface area contributed by atoms with E-state index in [-0.39, 0.29) is 0 Å². The Bertz CT molecular complexity index is 398. The summed E-state index contributed by atoms with van der Waals surface area (Å²) >= 11 is 0. The van der Waals surface area contributed by atoms with Crippen LogP contribution in [0.3, 0.4) is 0 Å². The predicted octanol–water partition coefficient (Wildman–Crippen LogP) is 4.26. The van der Waals surface area contributed by atoms with Crippen LogP contribution >= 0.6 is 0 Å². The molecule has 0 aliphatic carbocycles. The van der Waals surface area contributed by atoms with Gasteiger partial charge in [0.15, 0.2) is 0 Å². The average molecular weight is 289 g/mol. The molecule has 2 heteroatoms. The fourth-order valence-corrected chi connectivity index (χ4v) is 3.17. The van der Waals surface area contributed by atoms with Crippen LogP contribution in [0.2, 0.25) is 0 Å². The van der Waals surface area contributed by atoms with E-state index in [0.717, 1.165) is 19.6 Å². The minimum Gasteiger partial charge on any atom is -0.378 e. The minimum absolute atomic E-state index is 0.502. The first-order valence-electron chi connectivity index (χ1n) is 8.68. The Balaban J connectivity index is 1.84. The number of rotatable bonds is 8. The molecule has 2 atom stereocenters. The van der Waals surface area contributed by atoms with Gasteiger partial charge in [0.25, 0.3) is 0 Å². The maximum Gasteiger partial charge on any atom is 0.0575 e. The smallest absolute Gasteiger partial charge is 0.0575 e. The van der Waals surface area contributed by atoms with Crippen molar-refractivity contribution in [1.29, 1.82) is 0 Å². The average Bonchev–Trinajstić information content (AvgIpc) is 2.51. The molecule has 0 aromatic heterocycles. The topological polar surface area (TPSA) is 21.3 Å². The van der Waals surface area contributed by atoms with Gasteiger partial charge in [-0.05, 0) is 64.0 Å². The molecule has 1 aliphatic heterocycles. The van der Waals surface area contributed by atoms with Crippen molar-refractivity contribution in [2.45, 2.75) is 70.9 Å². The van der Waals surface area contributed by atoms with Gasteiger partial charge in [-0.15, -0.1) is 0 Å². The van der Waals surface area contributed by atoms with Crippen LogP contribution in [0.4, 0.5) is 0 Å². The molecule has 1 aromatic rings. The summed E-state index contributed by atoms with van der Waals surface area (Å²) in [5.41, 5.74) is 2.81. The number of hydrogen-bond donors (Lipinski definition) is 1. The van der Waals surface area contributed by atoms with E-state index >= 15 is 0 Å². The SMILES string of the molecule is CCCNC(CCC1CCCCO1)Cc1cccc(C)c1. The van der Waals surface area contributed by atoms with Crippen LogP contribution in [0.5, 0.6) is 0 Å². The lowest BCUT2D eigenvalue weighted by Gasteiger charge is -2.25. The Kier molecular flexibility index (Phi) is 7.25. The van der Waals surface area contributed by atoms with Crippen LogP contribution in [-0.4, -0.2) is 25.3 Å². The second-order valence-corrected chi connectivity index (χ2v) is 6.41. The van der Waals surface area contributed by atoms with Crippen molar-refractivity contribution in [3.05, 3.63) is 35.4 Å². The number of aryl methyl sites for hydroxylation is 1. The van der Waals surface area contributed by atoms with Gasteiger partial charge in [-0.1, -0.05) is 36.8 Å². The van der Waals surface area contributed by atoms with E-state index in [1.807, 2.05) is 0 Å². The molecule has 2 nitrogen and oxygen atoms in total. The summed E-state index contributed by atoms with van der Waals surface area (Å²) in [6, 6.07) is 9.50. The maximum atomic E-state index is 5.87. The van der Waals surface area contributed by atoms with Gasteiger partial charge >= 0.3 is 0 Å². The van der Waals surface area contributed by atoms with Crippen LogP contribution in [0.1, 0.15) is 56.6 Å². The Morgan fingerprint density at radius 1 is 1.33 bits per heavy atom. The van der Waals surface area contributed by atoms with Crippen molar-refractivity contribution in [2.24, 2.45) is 0 Å². The predicted molar refractivity (Wildman–Crippen MR) is 89.8 cm³/mol. The van der Waals surface area contributed by atoms with Crippen LogP contribution in [0.25, 0.3) is 0 Å². The second kappa shape index (κ2) is 9.22. The molecule has 1 heterocycles. The van der Waals surface area contributed by atoms with E-state index in [9.17, 15) is 0 Å². The van der Waals surface area contributed by atoms with Crippen LogP contribution in [0, 0.1) is 6.92 Å². The quantitative estimate of drug-likeness (QED) is 0.772. The monoisotopic (exact) mass is 289 g/mol. The van der Waals surface area contributed by atoms with Gasteiger partial charge in [-0.25, -0.2) is 0 Å². The van der Waals surface area contributed by atoms with Crippen molar-refractivity contribution in [3.8, 4) is 0 Å². The number of benzene rings is 1. The molecule has 0 spiro atoms. The van der Waals surface area contributed by atoms with Crippen molar-refractivity contribution in [1.82, 2.24) is 5.32 Å². The van der Waals surface area contributed by atoms with Gasteiger partial charge in [-0.3, -0.25) is 0 Å². The van der Waals surface area contributed by atoms with Gasteiger partial charge < -0.3 is 10.1 Å². The molecule has 1 N–H and O–H groups in total. The minimum atomic E-state index is 0.502. The van der Waals surface area contributed by atoms with E-state index in [4.69, 9.17) is 4.74 Å². The normalized spacial score (nSPS) is 20.4. The fourth-order valence-electron chi connectivity index (χ4n) is 3.17. The van der Waals surface area contributed by atoms with Crippen molar-refractivity contribution in [3.63, 3.8) is 0 Å². The van der Waals surface area contributed by atoms with E-state index < -0.39 is 0 Å². The molecule has 1 aliphatic rings. The molecule has 21 heavy (non-hydrogen) atoms. The van der Waals surface area contributed by atoms with Gasteiger partial charge in [0.1, 0.15) is 0 Å². The highest BCUT2D eigenvalue weighted by Gasteiger charge is 2.16. The third-order valence-corrected chi connectivity index (χ3v) is 4.36. The van der Waals surface area contributed by atoms with Crippen molar-refractivity contribution >= 4 is 0 Å². The van der Waals surface area contributed by atoms with E-state index in [1.165, 1.54) is 49.7 Å². The van der Waals surface area contributed by atoms with Crippen LogP contribution < -0.4 is 5.32 Å². The summed E-state index contributed by atoms with van der Waals surface area (Å²) in [5.74, 6) is 0. The third-order valence-electron chi connectivity index (χ3n) is 4.36. The standard InChI is InChI=1S/C19H31NO/c1-3-12-20-18(10-11-19-9-4-5-13-21-19)15-17-8-6-7-16(2)14-17/h6-8,14,18-20H,3-5,9-13,15H2,1-2H3. The molecule has 1 fully saturated rings. The molecule has 0 saturated carbocycles. The molecule has 0 amide bonds. The molecule has 2 unspecified atom stereocenters. The summed E-state index contributed by atoms with van der Waals surface area (Å²) in [7, 11) is 0. The first kappa shape index (κ1) is 16.5. The Morgan fingerprint density at radius 2 is 2.24 bits per heavy atom. The Labute approximate surface area is 130 Å². The molecule has 0 radical (unpaired) electrons. The summed E-state index contributed by atoms with van der Waals surface area (Å²) in [6.45, 7) is 6.49. The molecular formula is C19H31NO. The first-order valence-corrected chi connectivity index (χ1v) is 8.68. The van der Waals surface area contributed by atoms with Crippen molar-refractivity contribution < 1.29 is 4.74 Å². The zero-order chi connectivity index (χ0) is 14.9.